The summed E-state index contributed by atoms with van der Waals surface area (Å²) in [6.07, 6.45) is -3.87. The third kappa shape index (κ3) is 4.56. The number of H-pyrrole nitrogens is 1. The van der Waals surface area contributed by atoms with Gasteiger partial charge in [-0.05, 0) is 0 Å². The van der Waals surface area contributed by atoms with E-state index in [1.807, 2.05) is 0 Å². The first-order chi connectivity index (χ1) is 15.7. The van der Waals surface area contributed by atoms with Crippen molar-refractivity contribution in [3.05, 3.63) is 16.7 Å². The minimum Gasteiger partial charge on any atom is -0.456 e. The summed E-state index contributed by atoms with van der Waals surface area (Å²) in [5.41, 5.74) is -0.816. The van der Waals surface area contributed by atoms with Crippen LogP contribution in [0.1, 0.15) is 36.6 Å². The molecule has 13 nitrogen and oxygen atoms in total. The molecule has 3 rings (SSSR count). The molecule has 0 saturated carbocycles. The average Bonchev–Trinajstić information content (AvgIpc) is 3.35. The van der Waals surface area contributed by atoms with Crippen LogP contribution in [0, 0.1) is 5.92 Å². The van der Waals surface area contributed by atoms with E-state index >= 15 is 0 Å². The van der Waals surface area contributed by atoms with E-state index in [1.54, 1.807) is 13.8 Å². The van der Waals surface area contributed by atoms with E-state index in [-0.39, 0.29) is 23.0 Å². The molecular weight excluding hydrogens is 414 g/mol. The van der Waals surface area contributed by atoms with Crippen molar-refractivity contribution in [2.24, 2.45) is 5.92 Å². The lowest BCUT2D eigenvalue weighted by atomic mass is 10.1. The van der Waals surface area contributed by atoms with Crippen LogP contribution in [0.4, 0.5) is 5.95 Å². The Kier molecular flexibility index (Phi) is 5.58. The second kappa shape index (κ2) is 8.81. The Morgan fingerprint density at radius 2 is 2.00 bits per heavy atom. The Morgan fingerprint density at radius 3 is 2.61 bits per heavy atom. The minimum absolute atomic E-state index is 0.0427. The molecule has 168 valence electrons. The fraction of sp³-hybridized carbons (Fsp3) is 0.556. The van der Waals surface area contributed by atoms with Crippen molar-refractivity contribution < 1.29 is 36.4 Å². The highest BCUT2D eigenvalue weighted by molar-refractivity contribution is 5.91. The van der Waals surface area contributed by atoms with Gasteiger partial charge in [0.15, 0.2) is 29.6 Å². The molecule has 1 amide bonds. The summed E-state index contributed by atoms with van der Waals surface area (Å²) in [6, 6.07) is 0. The number of aromatic nitrogens is 4. The Hall–Kier alpha value is -3.32. The van der Waals surface area contributed by atoms with Crippen molar-refractivity contribution in [2.45, 2.75) is 52.2 Å². The second-order valence-electron chi connectivity index (χ2n) is 7.04. The quantitative estimate of drug-likeness (QED) is 0.496. The highest BCUT2D eigenvalue weighted by atomic mass is 16.6. The molecule has 31 heavy (non-hydrogen) atoms. The van der Waals surface area contributed by atoms with Crippen LogP contribution >= 0.6 is 0 Å². The molecule has 1 aliphatic heterocycles. The van der Waals surface area contributed by atoms with E-state index in [0.717, 1.165) is 0 Å². The van der Waals surface area contributed by atoms with E-state index in [4.69, 9.17) is 17.0 Å². The van der Waals surface area contributed by atoms with Gasteiger partial charge in [0.05, 0.1) is 12.9 Å². The molecule has 0 radical (unpaired) electrons. The fourth-order valence-corrected chi connectivity index (χ4v) is 3.08. The number of nitrogens with zero attached hydrogens (tertiary/aromatic N) is 3. The number of amides is 1. The van der Waals surface area contributed by atoms with Crippen molar-refractivity contribution in [2.75, 3.05) is 11.9 Å². The molecule has 0 aromatic carbocycles. The number of fused-ring (bicyclic) bond motifs is 1. The molecule has 0 bridgehead atoms. The van der Waals surface area contributed by atoms with Gasteiger partial charge in [0.2, 0.25) is 11.9 Å². The van der Waals surface area contributed by atoms with Gasteiger partial charge in [-0.2, -0.15) is 4.98 Å². The van der Waals surface area contributed by atoms with Gasteiger partial charge in [-0.15, -0.1) is 0 Å². The fourth-order valence-electron chi connectivity index (χ4n) is 3.08. The first-order valence-corrected chi connectivity index (χ1v) is 9.21. The maximum atomic E-state index is 12.5. The molecule has 4 atom stereocenters. The normalized spacial score (nSPS) is 24.0. The highest BCUT2D eigenvalue weighted by Crippen LogP contribution is 2.35. The van der Waals surface area contributed by atoms with Gasteiger partial charge in [-0.25, -0.2) is 4.98 Å². The molecule has 2 aromatic rings. The molecule has 1 aliphatic rings. The van der Waals surface area contributed by atoms with Crippen molar-refractivity contribution in [1.82, 2.24) is 19.5 Å². The summed E-state index contributed by atoms with van der Waals surface area (Å²) in [5, 5.41) is 12.2. The van der Waals surface area contributed by atoms with Crippen molar-refractivity contribution in [3.8, 4) is 0 Å². The summed E-state index contributed by atoms with van der Waals surface area (Å²) < 4.78 is 31.8. The van der Waals surface area contributed by atoms with Crippen molar-refractivity contribution >= 4 is 35.0 Å². The number of aromatic amines is 1. The zero-order chi connectivity index (χ0) is 24.3. The molecule has 1 unspecified atom stereocenters. The van der Waals surface area contributed by atoms with E-state index in [2.05, 4.69) is 20.3 Å². The summed E-state index contributed by atoms with van der Waals surface area (Å²) in [7, 11) is 0. The summed E-state index contributed by atoms with van der Waals surface area (Å²) in [4.78, 5) is 58.7. The SMILES string of the molecule is [2H]CC(=O)O[C@H]1[C@@H](CO)OC(n2cnc3c(=O)[nH]c(NC(=O)C(C)C)nc32)[C@@H]1OC(=O)C[2H]. The van der Waals surface area contributed by atoms with Crippen LogP contribution in [0.15, 0.2) is 11.1 Å². The van der Waals surface area contributed by atoms with Crippen molar-refractivity contribution in [3.63, 3.8) is 0 Å². The molecule has 1 fully saturated rings. The monoisotopic (exact) mass is 439 g/mol. The average molecular weight is 439 g/mol. The second-order valence-corrected chi connectivity index (χ2v) is 7.04. The summed E-state index contributed by atoms with van der Waals surface area (Å²) in [5.74, 6) is -2.84. The number of rotatable bonds is 6. The van der Waals surface area contributed by atoms with Crippen molar-refractivity contribution in [1.29, 1.82) is 0 Å². The van der Waals surface area contributed by atoms with E-state index in [0.29, 0.717) is 0 Å². The Balaban J connectivity index is 2.06. The number of ether oxygens (including phenoxy) is 3. The predicted molar refractivity (Wildman–Crippen MR) is 104 cm³/mol. The number of carbonyl (C=O) groups is 3. The van der Waals surface area contributed by atoms with Crippen LogP contribution in [0.3, 0.4) is 0 Å². The van der Waals surface area contributed by atoms with Gasteiger partial charge in [0.25, 0.3) is 5.56 Å². The highest BCUT2D eigenvalue weighted by Gasteiger charge is 2.50. The third-order valence-corrected chi connectivity index (χ3v) is 4.47. The number of aliphatic hydroxyl groups is 1. The molecule has 0 aliphatic carbocycles. The molecular formula is C18H23N5O8. The molecule has 13 heteroatoms. The number of aliphatic hydroxyl groups excluding tert-OH is 1. The molecule has 0 spiro atoms. The zero-order valence-electron chi connectivity index (χ0n) is 18.7. The molecule has 2 aromatic heterocycles. The van der Waals surface area contributed by atoms with Crippen LogP contribution < -0.4 is 10.9 Å². The number of imidazole rings is 1. The number of nitrogens with one attached hydrogen (secondary N) is 2. The maximum Gasteiger partial charge on any atom is 0.303 e. The Morgan fingerprint density at radius 1 is 1.32 bits per heavy atom. The Labute approximate surface area is 178 Å². The largest absolute Gasteiger partial charge is 0.456 e. The standard InChI is InChI=1S/C18H23N5O8/c1-7(2)15(27)21-18-20-14-11(16(28)22-18)19-6-23(14)17-13(30-9(4)26)12(29-8(3)25)10(5-24)31-17/h6-7,10,12-13,17,24H,5H2,1-4H3,(H2,20,21,22,27,28)/t10-,12+,13-,17?/m1/s1/i3D,4D. The summed E-state index contributed by atoms with van der Waals surface area (Å²) in [6.45, 7) is 1.22. The van der Waals surface area contributed by atoms with E-state index < -0.39 is 68.4 Å². The third-order valence-electron chi connectivity index (χ3n) is 4.47. The Bertz CT molecular complexity index is 1100. The lowest BCUT2D eigenvalue weighted by Crippen LogP contribution is -2.40. The van der Waals surface area contributed by atoms with Gasteiger partial charge in [-0.3, -0.25) is 34.0 Å². The van der Waals surface area contributed by atoms with Crippen LogP contribution in [0.2, 0.25) is 0 Å². The first kappa shape index (κ1) is 19.6. The van der Waals surface area contributed by atoms with Gasteiger partial charge in [-0.1, -0.05) is 13.8 Å². The molecule has 3 N–H and O–H groups in total. The predicted octanol–water partition coefficient (Wildman–Crippen LogP) is -0.533. The number of hydrogen-bond donors (Lipinski definition) is 3. The number of hydrogen-bond acceptors (Lipinski definition) is 10. The number of anilines is 1. The minimum atomic E-state index is -1.34. The topological polar surface area (TPSA) is 175 Å². The van der Waals surface area contributed by atoms with Gasteiger partial charge in [0, 0.05) is 22.5 Å². The molecule has 1 saturated heterocycles. The van der Waals surface area contributed by atoms with Crippen LogP contribution in [-0.4, -0.2) is 67.4 Å². The smallest absolute Gasteiger partial charge is 0.303 e. The van der Waals surface area contributed by atoms with Crippen LogP contribution in [0.5, 0.6) is 0 Å². The van der Waals surface area contributed by atoms with Crippen LogP contribution in [0.25, 0.3) is 11.2 Å². The van der Waals surface area contributed by atoms with E-state index in [9.17, 15) is 24.3 Å². The van der Waals surface area contributed by atoms with Gasteiger partial charge in [0.1, 0.15) is 6.10 Å². The van der Waals surface area contributed by atoms with Crippen LogP contribution in [-0.2, 0) is 28.6 Å². The summed E-state index contributed by atoms with van der Waals surface area (Å²) >= 11 is 0. The van der Waals surface area contributed by atoms with Gasteiger partial charge >= 0.3 is 11.9 Å². The molecule has 3 heterocycles. The zero-order valence-corrected chi connectivity index (χ0v) is 16.7. The maximum absolute atomic E-state index is 12.5. The lowest BCUT2D eigenvalue weighted by Gasteiger charge is -2.23. The van der Waals surface area contributed by atoms with E-state index in [1.165, 1.54) is 10.9 Å². The lowest BCUT2D eigenvalue weighted by molar-refractivity contribution is -0.165. The number of esters is 2. The van der Waals surface area contributed by atoms with Gasteiger partial charge < -0.3 is 19.3 Å². The first-order valence-electron chi connectivity index (χ1n) is 10.6. The number of carbonyl (C=O) groups excluding carboxylic acids is 3.